The number of carbonyl (C=O) groups is 1. The number of unbranched alkanes of at least 4 members (excludes halogenated alkanes) is 10. The Labute approximate surface area is 425 Å². The molecule has 2 N–H and O–H groups in total. The first-order chi connectivity index (χ1) is 34.3. The minimum absolute atomic E-state index is 0.0371. The van der Waals surface area contributed by atoms with Crippen molar-refractivity contribution in [2.24, 2.45) is 5.92 Å². The maximum Gasteiger partial charge on any atom is 0.351 e. The zero-order chi connectivity index (χ0) is 51.2. The van der Waals surface area contributed by atoms with Crippen molar-refractivity contribution in [1.82, 2.24) is 14.2 Å². The van der Waals surface area contributed by atoms with Crippen LogP contribution in [0.5, 0.6) is 11.5 Å². The molecule has 1 aliphatic rings. The Morgan fingerprint density at radius 2 is 1.34 bits per heavy atom. The van der Waals surface area contributed by atoms with E-state index in [0.717, 1.165) is 68.1 Å². The minimum Gasteiger partial charge on any atom is -0.497 e. The molecule has 0 bridgehead atoms. The van der Waals surface area contributed by atoms with Crippen LogP contribution in [0.2, 0.25) is 0 Å². The van der Waals surface area contributed by atoms with Crippen molar-refractivity contribution >= 4 is 19.6 Å². The number of nitriles is 1. The fourth-order valence-corrected chi connectivity index (χ4v) is 13.0. The highest BCUT2D eigenvalue weighted by molar-refractivity contribution is 7.63. The fourth-order valence-electron chi connectivity index (χ4n) is 10.0. The lowest BCUT2D eigenvalue weighted by Crippen LogP contribution is -2.42. The number of hydrogen-bond donors (Lipinski definition) is 2. The van der Waals surface area contributed by atoms with Gasteiger partial charge in [-0.2, -0.15) is 14.8 Å². The van der Waals surface area contributed by atoms with E-state index in [4.69, 9.17) is 23.5 Å². The summed E-state index contributed by atoms with van der Waals surface area (Å²) in [6.45, 7) is 12.4. The standard InChI is InChI=1S/C57H82N5O8P/c1-9-11-13-15-16-18-21-26-45(25-20-17-14-12-10-2)55(63)59-53-37-39-61(56(64)60-53)54-41-51(70-71(65,40-24-38-58)62(43(3)4)44(5)6)52(69-54)42-68-57(46-27-22-19-23-28-46,47-29-33-49(66-7)34-30-47)48-31-35-50(67-8)36-32-48/h19,22-23,27-37,39,43-45,51-52,54,65H,9-18,20-21,24-26,40-42H2,1-8H3/p+1/t45?,51-,52+,54+,71?/m0/s1. The molecule has 1 amide bonds. The van der Waals surface area contributed by atoms with Gasteiger partial charge in [0.15, 0.2) is 0 Å². The summed E-state index contributed by atoms with van der Waals surface area (Å²) < 4.78 is 35.7. The lowest BCUT2D eigenvalue weighted by Gasteiger charge is -2.38. The number of methoxy groups -OCH3 is 2. The van der Waals surface area contributed by atoms with Crippen LogP contribution < -0.4 is 20.5 Å². The van der Waals surface area contributed by atoms with E-state index in [-0.39, 0.29) is 55.3 Å². The highest BCUT2D eigenvalue weighted by atomic mass is 31.2. The van der Waals surface area contributed by atoms with Gasteiger partial charge in [-0.15, -0.1) is 4.67 Å². The number of rotatable bonds is 32. The highest BCUT2D eigenvalue weighted by Gasteiger charge is 2.54. The monoisotopic (exact) mass is 997 g/mol. The second-order valence-electron chi connectivity index (χ2n) is 19.5. The third kappa shape index (κ3) is 15.9. The normalized spacial score (nSPS) is 17.3. The molecule has 71 heavy (non-hydrogen) atoms. The minimum atomic E-state index is -3.45. The first-order valence-corrected chi connectivity index (χ1v) is 28.1. The van der Waals surface area contributed by atoms with Crippen molar-refractivity contribution in [2.45, 2.75) is 180 Å². The molecule has 2 unspecified atom stereocenters. The topological polar surface area (TPSA) is 157 Å². The van der Waals surface area contributed by atoms with Gasteiger partial charge in [-0.25, -0.2) is 9.69 Å². The van der Waals surface area contributed by atoms with Crippen LogP contribution in [-0.4, -0.2) is 76.3 Å². The molecule has 4 aromatic rings. The maximum absolute atomic E-state index is 14.1. The van der Waals surface area contributed by atoms with Gasteiger partial charge in [-0.1, -0.05) is 145 Å². The third-order valence-electron chi connectivity index (χ3n) is 13.6. The molecular weight excluding hydrogens is 914 g/mol. The van der Waals surface area contributed by atoms with E-state index >= 15 is 0 Å². The predicted octanol–water partition coefficient (Wildman–Crippen LogP) is 12.8. The van der Waals surface area contributed by atoms with Crippen molar-refractivity contribution in [3.05, 3.63) is 118 Å². The molecule has 13 nitrogen and oxygen atoms in total. The number of anilines is 1. The summed E-state index contributed by atoms with van der Waals surface area (Å²) in [5, 5.41) is 12.8. The lowest BCUT2D eigenvalue weighted by molar-refractivity contribution is -0.120. The Morgan fingerprint density at radius 3 is 1.83 bits per heavy atom. The molecule has 0 saturated carbocycles. The smallest absolute Gasteiger partial charge is 0.351 e. The number of amides is 1. The predicted molar refractivity (Wildman–Crippen MR) is 285 cm³/mol. The number of hydrogen-bond acceptors (Lipinski definition) is 11. The number of carbonyl (C=O) groups excluding carboxylic acids is 1. The van der Waals surface area contributed by atoms with Gasteiger partial charge in [0, 0.05) is 30.6 Å². The van der Waals surface area contributed by atoms with Crippen LogP contribution in [0.4, 0.5) is 5.82 Å². The molecule has 0 radical (unpaired) electrons. The molecule has 5 rings (SSSR count). The molecule has 3 aromatic carbocycles. The number of nitrogens with one attached hydrogen (secondary N) is 1. The summed E-state index contributed by atoms with van der Waals surface area (Å²) in [5.74, 6) is 1.31. The van der Waals surface area contributed by atoms with E-state index in [9.17, 15) is 19.7 Å². The number of nitrogens with zero attached hydrogens (tertiary/aromatic N) is 4. The van der Waals surface area contributed by atoms with Crippen molar-refractivity contribution < 1.29 is 33.2 Å². The molecule has 14 heteroatoms. The molecule has 388 valence electrons. The van der Waals surface area contributed by atoms with Crippen LogP contribution in [0.25, 0.3) is 0 Å². The van der Waals surface area contributed by atoms with Gasteiger partial charge in [0.05, 0.1) is 33.3 Å². The number of ether oxygens (including phenoxy) is 4. The molecule has 1 aromatic heterocycles. The molecular formula is C57H83N5O8P+. The van der Waals surface area contributed by atoms with Gasteiger partial charge >= 0.3 is 13.6 Å². The van der Waals surface area contributed by atoms with E-state index in [1.54, 1.807) is 26.5 Å². The summed E-state index contributed by atoms with van der Waals surface area (Å²) >= 11 is 0. The molecule has 1 fully saturated rings. The molecule has 1 saturated heterocycles. The summed E-state index contributed by atoms with van der Waals surface area (Å²) in [5.41, 5.74) is 0.715. The van der Waals surface area contributed by atoms with Gasteiger partial charge in [0.2, 0.25) is 5.91 Å². The first kappa shape index (κ1) is 57.2. The van der Waals surface area contributed by atoms with Gasteiger partial charge < -0.3 is 24.3 Å². The number of aromatic nitrogens is 2. The van der Waals surface area contributed by atoms with Gasteiger partial charge in [0.25, 0.3) is 0 Å². The largest absolute Gasteiger partial charge is 0.497 e. The Hall–Kier alpha value is -4.67. The molecule has 2 heterocycles. The van der Waals surface area contributed by atoms with Crippen molar-refractivity contribution in [2.75, 3.05) is 32.3 Å². The average molecular weight is 997 g/mol. The first-order valence-electron chi connectivity index (χ1n) is 26.3. The van der Waals surface area contributed by atoms with E-state index in [0.29, 0.717) is 11.5 Å². The molecule has 0 spiro atoms. The van der Waals surface area contributed by atoms with E-state index in [1.165, 1.54) is 43.1 Å². The Bertz CT molecular complexity index is 2220. The summed E-state index contributed by atoms with van der Waals surface area (Å²) in [6.07, 6.45) is 15.0. The van der Waals surface area contributed by atoms with Gasteiger partial charge in [-0.3, -0.25) is 9.36 Å². The van der Waals surface area contributed by atoms with Crippen LogP contribution in [0.3, 0.4) is 0 Å². The number of benzene rings is 3. The van der Waals surface area contributed by atoms with Crippen LogP contribution in [-0.2, 0) is 24.4 Å². The van der Waals surface area contributed by atoms with Crippen molar-refractivity contribution in [3.8, 4) is 17.6 Å². The zero-order valence-corrected chi connectivity index (χ0v) is 44.8. The third-order valence-corrected chi connectivity index (χ3v) is 16.7. The Morgan fingerprint density at radius 1 is 0.817 bits per heavy atom. The second kappa shape index (κ2) is 29.1. The van der Waals surface area contributed by atoms with Gasteiger partial charge in [-0.05, 0) is 87.6 Å². The molecule has 0 aliphatic carbocycles. The van der Waals surface area contributed by atoms with E-state index in [2.05, 4.69) is 30.2 Å². The highest BCUT2D eigenvalue weighted by Crippen LogP contribution is 2.63. The van der Waals surface area contributed by atoms with E-state index < -0.39 is 37.6 Å². The average Bonchev–Trinajstić information content (AvgIpc) is 3.76. The molecule has 1 aliphatic heterocycles. The Balaban J connectivity index is 1.48. The summed E-state index contributed by atoms with van der Waals surface area (Å²) in [4.78, 5) is 45.1. The van der Waals surface area contributed by atoms with Crippen LogP contribution in [0.15, 0.2) is 95.9 Å². The van der Waals surface area contributed by atoms with E-state index in [1.807, 2.05) is 111 Å². The Kier molecular flexibility index (Phi) is 23.5. The zero-order valence-electron chi connectivity index (χ0n) is 43.9. The van der Waals surface area contributed by atoms with Crippen molar-refractivity contribution in [1.29, 1.82) is 5.26 Å². The molecule has 5 atom stereocenters. The summed E-state index contributed by atoms with van der Waals surface area (Å²) in [6, 6.07) is 29.1. The van der Waals surface area contributed by atoms with Crippen LogP contribution in [0, 0.1) is 17.2 Å². The SMILES string of the molecule is CCCCCCCCCC(CCCCCCC)C(=O)Nc1ccn([C@H]2C[C@H](O[P+](O)(CCC#N)N(C(C)C)C(C)C)[C@@H](COC(c3ccccc3)(c3ccc(OC)cc3)c3ccc(OC)cc3)O2)c(=O)n1. The van der Waals surface area contributed by atoms with Crippen LogP contribution >= 0.6 is 7.87 Å². The fraction of sp³-hybridized carbons (Fsp3) is 0.579. The quantitative estimate of drug-likeness (QED) is 0.0273. The van der Waals surface area contributed by atoms with Crippen molar-refractivity contribution in [3.63, 3.8) is 0 Å². The second-order valence-corrected chi connectivity index (χ2v) is 21.9. The van der Waals surface area contributed by atoms with Gasteiger partial charge in [0.1, 0.15) is 47.5 Å². The maximum atomic E-state index is 14.1. The van der Waals surface area contributed by atoms with Crippen LogP contribution in [0.1, 0.15) is 167 Å². The summed E-state index contributed by atoms with van der Waals surface area (Å²) in [7, 11) is -0.193. The lowest BCUT2D eigenvalue weighted by atomic mass is 9.80.